The van der Waals surface area contributed by atoms with Crippen molar-refractivity contribution >= 4 is 11.4 Å². The third-order valence-electron chi connectivity index (χ3n) is 4.10. The Bertz CT molecular complexity index is 1150. The molecule has 2 heterocycles. The van der Waals surface area contributed by atoms with E-state index in [9.17, 15) is 5.11 Å². The fourth-order valence-corrected chi connectivity index (χ4v) is 3.12. The summed E-state index contributed by atoms with van der Waals surface area (Å²) in [4.78, 5) is 9.09. The molecule has 0 spiro atoms. The van der Waals surface area contributed by atoms with Crippen LogP contribution in [0.15, 0.2) is 64.6 Å². The molecule has 0 radical (unpaired) electrons. The van der Waals surface area contributed by atoms with Gasteiger partial charge in [-0.25, -0.2) is 9.98 Å². The molecule has 3 nitrogen and oxygen atoms in total. The first-order chi connectivity index (χ1) is 10.3. The van der Waals surface area contributed by atoms with E-state index in [2.05, 4.69) is 16.1 Å². The number of phenols is 1. The summed E-state index contributed by atoms with van der Waals surface area (Å²) in [6.45, 7) is 0. The molecular formula is C18H10N2O. The third kappa shape index (κ3) is 1.28. The van der Waals surface area contributed by atoms with Crippen LogP contribution in [0.25, 0.3) is 11.1 Å². The van der Waals surface area contributed by atoms with Gasteiger partial charge in [-0.1, -0.05) is 36.4 Å². The third-order valence-corrected chi connectivity index (χ3v) is 4.10. The second-order valence-corrected chi connectivity index (χ2v) is 5.28. The zero-order valence-corrected chi connectivity index (χ0v) is 11.0. The average molecular weight is 270 g/mol. The zero-order chi connectivity index (χ0) is 14.0. The maximum atomic E-state index is 10.6. The normalized spacial score (nSPS) is 12.8. The van der Waals surface area contributed by atoms with Gasteiger partial charge >= 0.3 is 0 Å². The molecule has 3 aromatic rings. The Morgan fingerprint density at radius 1 is 0.762 bits per heavy atom. The number of aromatic hydroxyl groups is 1. The zero-order valence-electron chi connectivity index (χ0n) is 11.0. The van der Waals surface area contributed by atoms with E-state index in [0.29, 0.717) is 11.0 Å². The van der Waals surface area contributed by atoms with Gasteiger partial charge in [-0.05, 0) is 18.2 Å². The lowest BCUT2D eigenvalue weighted by Crippen LogP contribution is -2.01. The molecule has 5 rings (SSSR count). The number of nitrogens with zero attached hydrogens (tertiary/aromatic N) is 2. The standard InChI is InChI=1S/C18H10N2O/c21-18-16-12(10-5-1-3-7-14(10)19-16)9-13-11-6-2-4-8-15(11)20-17(13)18/h1-9,21H. The number of fused-ring (bicyclic) bond motifs is 5. The van der Waals surface area contributed by atoms with Gasteiger partial charge in [0.2, 0.25) is 0 Å². The predicted molar refractivity (Wildman–Crippen MR) is 79.3 cm³/mol. The molecule has 3 heteroatoms. The molecule has 0 fully saturated rings. The van der Waals surface area contributed by atoms with E-state index < -0.39 is 0 Å². The van der Waals surface area contributed by atoms with Crippen molar-refractivity contribution in [1.82, 2.24) is 0 Å². The monoisotopic (exact) mass is 270 g/mol. The summed E-state index contributed by atoms with van der Waals surface area (Å²) in [5.74, 6) is 0.176. The highest BCUT2D eigenvalue weighted by Crippen LogP contribution is 2.38. The first kappa shape index (κ1) is 10.8. The van der Waals surface area contributed by atoms with Crippen molar-refractivity contribution in [1.29, 1.82) is 0 Å². The molecule has 1 N–H and O–H groups in total. The molecule has 0 atom stereocenters. The number of para-hydroxylation sites is 2. The Kier molecular flexibility index (Phi) is 1.84. The van der Waals surface area contributed by atoms with Gasteiger partial charge in [-0.15, -0.1) is 0 Å². The molecular weight excluding hydrogens is 260 g/mol. The summed E-state index contributed by atoms with van der Waals surface area (Å²) < 4.78 is 0. The van der Waals surface area contributed by atoms with E-state index in [1.54, 1.807) is 0 Å². The molecule has 2 aliphatic rings. The summed E-state index contributed by atoms with van der Waals surface area (Å²) in [5, 5.41) is 14.2. The van der Waals surface area contributed by atoms with Crippen molar-refractivity contribution in [3.8, 4) is 16.9 Å². The highest BCUT2D eigenvalue weighted by Gasteiger charge is 2.20. The van der Waals surface area contributed by atoms with Crippen LogP contribution in [-0.4, -0.2) is 5.11 Å². The molecule has 0 saturated carbocycles. The molecule has 0 bridgehead atoms. The Labute approximate surface area is 119 Å². The molecule has 0 saturated heterocycles. The number of phenolic OH excluding ortho intramolecular Hbond substituents is 1. The maximum absolute atomic E-state index is 10.6. The van der Waals surface area contributed by atoms with Crippen LogP contribution in [0.4, 0.5) is 11.4 Å². The van der Waals surface area contributed by atoms with Crippen molar-refractivity contribution < 1.29 is 5.11 Å². The Hall–Kier alpha value is -2.94. The molecule has 0 aliphatic carbocycles. The molecule has 0 aromatic heterocycles. The minimum atomic E-state index is 0.176. The van der Waals surface area contributed by atoms with Crippen LogP contribution >= 0.6 is 0 Å². The van der Waals surface area contributed by atoms with Crippen LogP contribution < -0.4 is 10.7 Å². The van der Waals surface area contributed by atoms with Crippen LogP contribution in [0.5, 0.6) is 5.75 Å². The summed E-state index contributed by atoms with van der Waals surface area (Å²) in [6, 6.07) is 18.0. The van der Waals surface area contributed by atoms with Gasteiger partial charge in [0, 0.05) is 21.6 Å². The maximum Gasteiger partial charge on any atom is 0.168 e. The predicted octanol–water partition coefficient (Wildman–Crippen LogP) is 2.88. The number of rotatable bonds is 0. The fourth-order valence-electron chi connectivity index (χ4n) is 3.12. The van der Waals surface area contributed by atoms with Crippen molar-refractivity contribution in [2.75, 3.05) is 0 Å². The van der Waals surface area contributed by atoms with Crippen LogP contribution in [-0.2, 0) is 0 Å². The smallest absolute Gasteiger partial charge is 0.168 e. The van der Waals surface area contributed by atoms with Crippen LogP contribution in [0, 0.1) is 10.4 Å². The summed E-state index contributed by atoms with van der Waals surface area (Å²) >= 11 is 0. The van der Waals surface area contributed by atoms with Crippen molar-refractivity contribution in [2.45, 2.75) is 0 Å². The van der Waals surface area contributed by atoms with Crippen LogP contribution in [0.3, 0.4) is 0 Å². The van der Waals surface area contributed by atoms with Gasteiger partial charge < -0.3 is 5.11 Å². The molecule has 0 unspecified atom stereocenters. The van der Waals surface area contributed by atoms with Crippen molar-refractivity contribution in [3.05, 3.63) is 75.7 Å². The van der Waals surface area contributed by atoms with E-state index in [0.717, 1.165) is 32.6 Å². The lowest BCUT2D eigenvalue weighted by atomic mass is 10.0. The average Bonchev–Trinajstić information content (AvgIpc) is 3.07. The highest BCUT2D eigenvalue weighted by molar-refractivity contribution is 5.82. The van der Waals surface area contributed by atoms with E-state index >= 15 is 0 Å². The first-order valence-corrected chi connectivity index (χ1v) is 6.85. The fraction of sp³-hybridized carbons (Fsp3) is 0. The van der Waals surface area contributed by atoms with Crippen LogP contribution in [0.1, 0.15) is 0 Å². The van der Waals surface area contributed by atoms with Gasteiger partial charge in [0.05, 0.1) is 11.0 Å². The largest absolute Gasteiger partial charge is 0.504 e. The van der Waals surface area contributed by atoms with Gasteiger partial charge in [0.1, 0.15) is 11.0 Å². The lowest BCUT2D eigenvalue weighted by molar-refractivity contribution is 0.470. The molecule has 21 heavy (non-hydrogen) atoms. The molecule has 0 amide bonds. The van der Waals surface area contributed by atoms with Crippen LogP contribution in [0.2, 0.25) is 0 Å². The Balaban J connectivity index is 2.03. The number of hydrogen-bond acceptors (Lipinski definition) is 3. The number of hydrogen-bond donors (Lipinski definition) is 1. The number of benzene rings is 3. The molecule has 2 aliphatic heterocycles. The van der Waals surface area contributed by atoms with Gasteiger partial charge in [0.25, 0.3) is 0 Å². The summed E-state index contributed by atoms with van der Waals surface area (Å²) in [5.41, 5.74) is 3.58. The van der Waals surface area contributed by atoms with E-state index in [1.807, 2.05) is 48.5 Å². The Morgan fingerprint density at radius 3 is 2.52 bits per heavy atom. The quantitative estimate of drug-likeness (QED) is 0.462. The van der Waals surface area contributed by atoms with E-state index in [-0.39, 0.29) is 5.75 Å². The summed E-state index contributed by atoms with van der Waals surface area (Å²) in [6.07, 6.45) is 0. The van der Waals surface area contributed by atoms with Gasteiger partial charge in [0.15, 0.2) is 5.75 Å². The molecule has 98 valence electrons. The topological polar surface area (TPSA) is 45.0 Å². The summed E-state index contributed by atoms with van der Waals surface area (Å²) in [7, 11) is 0. The van der Waals surface area contributed by atoms with Gasteiger partial charge in [-0.3, -0.25) is 0 Å². The minimum absolute atomic E-state index is 0.176. The minimum Gasteiger partial charge on any atom is -0.504 e. The SMILES string of the molecule is Oc1c2c(cc3c1=Nc1ccccc1-3)=c1ccccc1=N2. The van der Waals surface area contributed by atoms with Gasteiger partial charge in [-0.2, -0.15) is 0 Å². The highest BCUT2D eigenvalue weighted by atomic mass is 16.3. The lowest BCUT2D eigenvalue weighted by Gasteiger charge is -2.01. The van der Waals surface area contributed by atoms with Crippen molar-refractivity contribution in [3.63, 3.8) is 0 Å². The van der Waals surface area contributed by atoms with E-state index in [4.69, 9.17) is 0 Å². The van der Waals surface area contributed by atoms with E-state index in [1.165, 1.54) is 0 Å². The van der Waals surface area contributed by atoms with Crippen molar-refractivity contribution in [2.24, 2.45) is 9.98 Å². The first-order valence-electron chi connectivity index (χ1n) is 6.85. The second kappa shape index (κ2) is 3.58. The molecule has 3 aromatic carbocycles. The second-order valence-electron chi connectivity index (χ2n) is 5.28. The Morgan fingerprint density at radius 2 is 1.57 bits per heavy atom.